The standard InChI is InChI=1S/C14H25N3/c1-3-9-15-12-14(6-4-7-14)8-5-13-10-16-17(2)11-13/h10-11,15H,3-9,12H2,1-2H3. The minimum atomic E-state index is 0.588. The first kappa shape index (κ1) is 12.6. The second-order valence-electron chi connectivity index (χ2n) is 5.55. The lowest BCUT2D eigenvalue weighted by molar-refractivity contribution is 0.117. The van der Waals surface area contributed by atoms with Gasteiger partial charge in [-0.15, -0.1) is 0 Å². The normalized spacial score (nSPS) is 18.0. The molecule has 0 unspecified atom stereocenters. The summed E-state index contributed by atoms with van der Waals surface area (Å²) in [6.07, 6.45) is 12.1. The fourth-order valence-electron chi connectivity index (χ4n) is 2.73. The molecule has 1 aliphatic rings. The van der Waals surface area contributed by atoms with E-state index < -0.39 is 0 Å². The summed E-state index contributed by atoms with van der Waals surface area (Å²) in [5.41, 5.74) is 1.97. The van der Waals surface area contributed by atoms with Crippen molar-refractivity contribution < 1.29 is 0 Å². The van der Waals surface area contributed by atoms with Gasteiger partial charge in [0.1, 0.15) is 0 Å². The fourth-order valence-corrected chi connectivity index (χ4v) is 2.73. The number of nitrogens with one attached hydrogen (secondary N) is 1. The molecule has 0 atom stereocenters. The van der Waals surface area contributed by atoms with Gasteiger partial charge in [-0.2, -0.15) is 5.10 Å². The number of hydrogen-bond acceptors (Lipinski definition) is 2. The zero-order valence-corrected chi connectivity index (χ0v) is 11.2. The Kier molecular flexibility index (Phi) is 4.21. The molecular formula is C14H25N3. The van der Waals surface area contributed by atoms with E-state index in [0.717, 1.165) is 6.54 Å². The summed E-state index contributed by atoms with van der Waals surface area (Å²) in [7, 11) is 1.99. The Bertz CT molecular complexity index is 339. The highest BCUT2D eigenvalue weighted by Gasteiger charge is 2.35. The fraction of sp³-hybridized carbons (Fsp3) is 0.786. The second-order valence-corrected chi connectivity index (χ2v) is 5.55. The molecule has 96 valence electrons. The van der Waals surface area contributed by atoms with E-state index in [9.17, 15) is 0 Å². The molecule has 0 aliphatic heterocycles. The summed E-state index contributed by atoms with van der Waals surface area (Å²) >= 11 is 0. The quantitative estimate of drug-likeness (QED) is 0.736. The van der Waals surface area contributed by atoms with Crippen molar-refractivity contribution in [2.75, 3.05) is 13.1 Å². The van der Waals surface area contributed by atoms with Crippen molar-refractivity contribution in [3.8, 4) is 0 Å². The van der Waals surface area contributed by atoms with Gasteiger partial charge >= 0.3 is 0 Å². The van der Waals surface area contributed by atoms with E-state index in [2.05, 4.69) is 23.5 Å². The first-order valence-corrected chi connectivity index (χ1v) is 6.92. The smallest absolute Gasteiger partial charge is 0.0521 e. The Morgan fingerprint density at radius 3 is 2.82 bits per heavy atom. The Morgan fingerprint density at radius 2 is 2.29 bits per heavy atom. The van der Waals surface area contributed by atoms with E-state index in [0.29, 0.717) is 5.41 Å². The Balaban J connectivity index is 1.78. The maximum absolute atomic E-state index is 4.24. The van der Waals surface area contributed by atoms with Gasteiger partial charge < -0.3 is 5.32 Å². The molecule has 1 fully saturated rings. The van der Waals surface area contributed by atoms with Crippen LogP contribution in [0.3, 0.4) is 0 Å². The van der Waals surface area contributed by atoms with Crippen molar-refractivity contribution in [2.24, 2.45) is 12.5 Å². The van der Waals surface area contributed by atoms with Gasteiger partial charge in [-0.3, -0.25) is 4.68 Å². The Hall–Kier alpha value is -0.830. The minimum absolute atomic E-state index is 0.588. The summed E-state index contributed by atoms with van der Waals surface area (Å²) in [5.74, 6) is 0. The molecule has 1 heterocycles. The topological polar surface area (TPSA) is 29.9 Å². The van der Waals surface area contributed by atoms with E-state index in [4.69, 9.17) is 0 Å². The molecule has 1 aliphatic carbocycles. The van der Waals surface area contributed by atoms with Crippen LogP contribution in [-0.4, -0.2) is 22.9 Å². The second kappa shape index (κ2) is 5.67. The largest absolute Gasteiger partial charge is 0.316 e. The molecule has 1 N–H and O–H groups in total. The van der Waals surface area contributed by atoms with E-state index >= 15 is 0 Å². The summed E-state index contributed by atoms with van der Waals surface area (Å²) in [6.45, 7) is 4.60. The van der Waals surface area contributed by atoms with Gasteiger partial charge in [0, 0.05) is 19.8 Å². The minimum Gasteiger partial charge on any atom is -0.316 e. The van der Waals surface area contributed by atoms with Gasteiger partial charge in [-0.1, -0.05) is 13.3 Å². The van der Waals surface area contributed by atoms with Crippen LogP contribution in [0.4, 0.5) is 0 Å². The van der Waals surface area contributed by atoms with E-state index in [1.165, 1.54) is 50.6 Å². The average Bonchev–Trinajstić information content (AvgIpc) is 2.67. The molecule has 3 heteroatoms. The molecule has 0 saturated heterocycles. The molecule has 0 aromatic carbocycles. The van der Waals surface area contributed by atoms with Gasteiger partial charge in [-0.05, 0) is 49.6 Å². The lowest BCUT2D eigenvalue weighted by atomic mass is 9.65. The highest BCUT2D eigenvalue weighted by Crippen LogP contribution is 2.44. The van der Waals surface area contributed by atoms with E-state index in [-0.39, 0.29) is 0 Å². The maximum atomic E-state index is 4.24. The van der Waals surface area contributed by atoms with Gasteiger partial charge in [0.2, 0.25) is 0 Å². The molecule has 0 spiro atoms. The highest BCUT2D eigenvalue weighted by atomic mass is 15.2. The van der Waals surface area contributed by atoms with E-state index in [1.54, 1.807) is 0 Å². The maximum Gasteiger partial charge on any atom is 0.0521 e. The van der Waals surface area contributed by atoms with Crippen LogP contribution in [0, 0.1) is 5.41 Å². The predicted octanol–water partition coefficient (Wildman–Crippen LogP) is 2.52. The van der Waals surface area contributed by atoms with Crippen LogP contribution in [0.25, 0.3) is 0 Å². The molecule has 0 amide bonds. The van der Waals surface area contributed by atoms with E-state index in [1.807, 2.05) is 17.9 Å². The van der Waals surface area contributed by atoms with Gasteiger partial charge in [0.25, 0.3) is 0 Å². The molecular weight excluding hydrogens is 210 g/mol. The van der Waals surface area contributed by atoms with Gasteiger partial charge in [0.15, 0.2) is 0 Å². The van der Waals surface area contributed by atoms with Crippen LogP contribution in [0.15, 0.2) is 12.4 Å². The zero-order valence-electron chi connectivity index (χ0n) is 11.2. The lowest BCUT2D eigenvalue weighted by Crippen LogP contribution is -2.40. The zero-order chi connectivity index (χ0) is 12.1. The molecule has 17 heavy (non-hydrogen) atoms. The van der Waals surface area contributed by atoms with Crippen molar-refractivity contribution >= 4 is 0 Å². The molecule has 1 aromatic heterocycles. The summed E-state index contributed by atoms with van der Waals surface area (Å²) in [5, 5.41) is 7.84. The molecule has 0 bridgehead atoms. The number of hydrogen-bond donors (Lipinski definition) is 1. The molecule has 1 aromatic rings. The van der Waals surface area contributed by atoms with Crippen LogP contribution in [0.5, 0.6) is 0 Å². The van der Waals surface area contributed by atoms with Crippen LogP contribution in [-0.2, 0) is 13.5 Å². The summed E-state index contributed by atoms with van der Waals surface area (Å²) in [6, 6.07) is 0. The van der Waals surface area contributed by atoms with Crippen molar-refractivity contribution in [1.82, 2.24) is 15.1 Å². The van der Waals surface area contributed by atoms with Crippen LogP contribution < -0.4 is 5.32 Å². The lowest BCUT2D eigenvalue weighted by Gasteiger charge is -2.42. The molecule has 0 radical (unpaired) electrons. The highest BCUT2D eigenvalue weighted by molar-refractivity contribution is 5.05. The molecule has 2 rings (SSSR count). The van der Waals surface area contributed by atoms with Crippen molar-refractivity contribution in [2.45, 2.75) is 45.4 Å². The van der Waals surface area contributed by atoms with Gasteiger partial charge in [-0.25, -0.2) is 0 Å². The third-order valence-electron chi connectivity index (χ3n) is 4.04. The first-order valence-electron chi connectivity index (χ1n) is 6.92. The van der Waals surface area contributed by atoms with Crippen molar-refractivity contribution in [3.63, 3.8) is 0 Å². The number of rotatable bonds is 7. The number of aromatic nitrogens is 2. The summed E-state index contributed by atoms with van der Waals surface area (Å²) < 4.78 is 1.90. The van der Waals surface area contributed by atoms with Gasteiger partial charge in [0.05, 0.1) is 6.20 Å². The molecule has 3 nitrogen and oxygen atoms in total. The number of nitrogens with zero attached hydrogens (tertiary/aromatic N) is 2. The Labute approximate surface area is 105 Å². The van der Waals surface area contributed by atoms with Crippen LogP contribution in [0.2, 0.25) is 0 Å². The number of aryl methyl sites for hydroxylation is 2. The predicted molar refractivity (Wildman–Crippen MR) is 71.0 cm³/mol. The monoisotopic (exact) mass is 235 g/mol. The van der Waals surface area contributed by atoms with Crippen LogP contribution >= 0.6 is 0 Å². The molecule has 1 saturated carbocycles. The summed E-state index contributed by atoms with van der Waals surface area (Å²) in [4.78, 5) is 0. The SMILES string of the molecule is CCCNCC1(CCc2cnn(C)c2)CCC1. The van der Waals surface area contributed by atoms with Crippen molar-refractivity contribution in [3.05, 3.63) is 18.0 Å². The van der Waals surface area contributed by atoms with Crippen molar-refractivity contribution in [1.29, 1.82) is 0 Å². The first-order chi connectivity index (χ1) is 8.24. The van der Waals surface area contributed by atoms with Crippen LogP contribution in [0.1, 0.15) is 44.6 Å². The third kappa shape index (κ3) is 3.32. The Morgan fingerprint density at radius 1 is 1.47 bits per heavy atom. The third-order valence-corrected chi connectivity index (χ3v) is 4.04. The average molecular weight is 235 g/mol.